The summed E-state index contributed by atoms with van der Waals surface area (Å²) in [7, 11) is 0. The van der Waals surface area contributed by atoms with E-state index in [0.29, 0.717) is 0 Å². The zero-order chi connectivity index (χ0) is 38.0. The summed E-state index contributed by atoms with van der Waals surface area (Å²) >= 11 is 0. The first-order chi connectivity index (χ1) is 28.3. The van der Waals surface area contributed by atoms with Gasteiger partial charge in [0.15, 0.2) is 0 Å². The zero-order valence-corrected chi connectivity index (χ0v) is 31.5. The van der Waals surface area contributed by atoms with Crippen LogP contribution < -0.4 is 4.90 Å². The second-order valence-electron chi connectivity index (χ2n) is 14.5. The van der Waals surface area contributed by atoms with Gasteiger partial charge in [0, 0.05) is 16.9 Å². The lowest BCUT2D eigenvalue weighted by atomic mass is 9.85. The van der Waals surface area contributed by atoms with Gasteiger partial charge in [-0.25, -0.2) is 0 Å². The smallest absolute Gasteiger partial charge is 0.0540 e. The fourth-order valence-corrected chi connectivity index (χ4v) is 8.40. The molecule has 1 nitrogen and oxygen atoms in total. The van der Waals surface area contributed by atoms with E-state index in [4.69, 9.17) is 0 Å². The molecule has 0 fully saturated rings. The largest absolute Gasteiger partial charge is 0.310 e. The summed E-state index contributed by atoms with van der Waals surface area (Å²) in [6.45, 7) is 0. The summed E-state index contributed by atoms with van der Waals surface area (Å²) in [5.41, 5.74) is 15.3. The molecule has 10 aromatic rings. The van der Waals surface area contributed by atoms with Crippen LogP contribution in [0.3, 0.4) is 0 Å². The van der Waals surface area contributed by atoms with Gasteiger partial charge in [-0.3, -0.25) is 0 Å². The molecule has 0 saturated carbocycles. The van der Waals surface area contributed by atoms with Crippen molar-refractivity contribution in [2.24, 2.45) is 0 Å². The standard InChI is InChI=1S/C56H39N/c1-6-19-40(20-7-1)45-29-18-30-47(37-45)57(54-36-33-46(41-21-8-2-9-22-41)38-52(54)42-23-10-3-11-24-42)48-34-35-51-53(39-48)49-31-16-17-32-50(49)55(43-25-12-4-13-26-43)56(51)44-27-14-5-15-28-44/h1-39H. The van der Waals surface area contributed by atoms with Crippen molar-refractivity contribution in [3.63, 3.8) is 0 Å². The zero-order valence-electron chi connectivity index (χ0n) is 31.5. The normalized spacial score (nSPS) is 11.2. The van der Waals surface area contributed by atoms with E-state index in [1.807, 2.05) is 0 Å². The third-order valence-electron chi connectivity index (χ3n) is 11.0. The Labute approximate surface area is 334 Å². The number of hydrogen-bond acceptors (Lipinski definition) is 1. The topological polar surface area (TPSA) is 3.24 Å². The van der Waals surface area contributed by atoms with Crippen molar-refractivity contribution in [2.75, 3.05) is 4.90 Å². The van der Waals surface area contributed by atoms with Crippen molar-refractivity contribution in [3.8, 4) is 55.6 Å². The molecule has 0 atom stereocenters. The third kappa shape index (κ3) is 6.46. The van der Waals surface area contributed by atoms with Gasteiger partial charge in [0.25, 0.3) is 0 Å². The molecule has 0 aliphatic carbocycles. The van der Waals surface area contributed by atoms with Crippen LogP contribution in [0, 0.1) is 0 Å². The van der Waals surface area contributed by atoms with Crippen LogP contribution in [-0.2, 0) is 0 Å². The van der Waals surface area contributed by atoms with Crippen LogP contribution in [0.2, 0.25) is 0 Å². The van der Waals surface area contributed by atoms with Crippen LogP contribution >= 0.6 is 0 Å². The highest BCUT2D eigenvalue weighted by Gasteiger charge is 2.22. The lowest BCUT2D eigenvalue weighted by Gasteiger charge is -2.29. The predicted molar refractivity (Wildman–Crippen MR) is 243 cm³/mol. The Morgan fingerprint density at radius 2 is 0.667 bits per heavy atom. The van der Waals surface area contributed by atoms with E-state index >= 15 is 0 Å². The van der Waals surface area contributed by atoms with E-state index in [9.17, 15) is 0 Å². The minimum atomic E-state index is 1.09. The summed E-state index contributed by atoms with van der Waals surface area (Å²) in [4.78, 5) is 2.45. The molecule has 0 saturated heterocycles. The minimum Gasteiger partial charge on any atom is -0.310 e. The maximum atomic E-state index is 2.45. The number of fused-ring (bicyclic) bond motifs is 3. The maximum absolute atomic E-state index is 2.45. The van der Waals surface area contributed by atoms with E-state index in [-0.39, 0.29) is 0 Å². The van der Waals surface area contributed by atoms with Crippen LogP contribution in [0.1, 0.15) is 0 Å². The first-order valence-electron chi connectivity index (χ1n) is 19.6. The molecule has 10 rings (SSSR count). The lowest BCUT2D eigenvalue weighted by Crippen LogP contribution is -2.11. The quantitative estimate of drug-likeness (QED) is 0.141. The Morgan fingerprint density at radius 3 is 1.25 bits per heavy atom. The summed E-state index contributed by atoms with van der Waals surface area (Å²) < 4.78 is 0. The van der Waals surface area contributed by atoms with Crippen molar-refractivity contribution in [2.45, 2.75) is 0 Å². The first kappa shape index (κ1) is 34.0. The molecule has 0 aromatic heterocycles. The summed E-state index contributed by atoms with van der Waals surface area (Å²) in [6.07, 6.45) is 0. The second-order valence-corrected chi connectivity index (χ2v) is 14.5. The van der Waals surface area contributed by atoms with Crippen molar-refractivity contribution < 1.29 is 0 Å². The molecular weight excluding hydrogens is 687 g/mol. The average molecular weight is 726 g/mol. The van der Waals surface area contributed by atoms with Crippen LogP contribution in [0.4, 0.5) is 17.1 Å². The Kier molecular flexibility index (Phi) is 8.95. The van der Waals surface area contributed by atoms with E-state index in [1.54, 1.807) is 0 Å². The number of hydrogen-bond donors (Lipinski definition) is 0. The molecule has 0 unspecified atom stereocenters. The SMILES string of the molecule is c1ccc(-c2cccc(N(c3ccc4c(-c5ccccc5)c(-c5ccccc5)c5ccccc5c4c3)c3ccc(-c4ccccc4)cc3-c3ccccc3)c2)cc1. The van der Waals surface area contributed by atoms with E-state index < -0.39 is 0 Å². The Bertz CT molecular complexity index is 2970. The lowest BCUT2D eigenvalue weighted by molar-refractivity contribution is 1.29. The number of benzene rings is 10. The molecule has 0 aliphatic heterocycles. The molecule has 268 valence electrons. The summed E-state index contributed by atoms with van der Waals surface area (Å²) in [5.74, 6) is 0. The molecule has 1 heteroatoms. The Morgan fingerprint density at radius 1 is 0.228 bits per heavy atom. The van der Waals surface area contributed by atoms with Crippen molar-refractivity contribution >= 4 is 38.6 Å². The van der Waals surface area contributed by atoms with Crippen LogP contribution in [0.25, 0.3) is 77.2 Å². The van der Waals surface area contributed by atoms with E-state index in [0.717, 1.165) is 22.6 Å². The summed E-state index contributed by atoms with van der Waals surface area (Å²) in [5, 5.41) is 4.91. The van der Waals surface area contributed by atoms with Gasteiger partial charge in [-0.05, 0) is 108 Å². The van der Waals surface area contributed by atoms with Gasteiger partial charge < -0.3 is 4.90 Å². The third-order valence-corrected chi connectivity index (χ3v) is 11.0. The fraction of sp³-hybridized carbons (Fsp3) is 0. The molecule has 0 amide bonds. The average Bonchev–Trinajstić information content (AvgIpc) is 3.30. The molecule has 0 N–H and O–H groups in total. The Hall–Kier alpha value is -7.48. The second kappa shape index (κ2) is 15.0. The molecular formula is C56H39N. The highest BCUT2D eigenvalue weighted by molar-refractivity contribution is 6.22. The van der Waals surface area contributed by atoms with Crippen LogP contribution in [0.15, 0.2) is 237 Å². The van der Waals surface area contributed by atoms with Crippen LogP contribution in [-0.4, -0.2) is 0 Å². The molecule has 57 heavy (non-hydrogen) atoms. The number of nitrogens with zero attached hydrogens (tertiary/aromatic N) is 1. The van der Waals surface area contributed by atoms with Gasteiger partial charge in [-0.2, -0.15) is 0 Å². The number of anilines is 3. The fourth-order valence-electron chi connectivity index (χ4n) is 8.40. The number of rotatable bonds is 8. The Balaban J connectivity index is 1.27. The van der Waals surface area contributed by atoms with Gasteiger partial charge in [-0.15, -0.1) is 0 Å². The molecule has 0 radical (unpaired) electrons. The molecule has 0 spiro atoms. The van der Waals surface area contributed by atoms with Gasteiger partial charge in [0.2, 0.25) is 0 Å². The molecule has 0 heterocycles. The van der Waals surface area contributed by atoms with E-state index in [1.165, 1.54) is 71.6 Å². The summed E-state index contributed by atoms with van der Waals surface area (Å²) in [6, 6.07) is 85.7. The van der Waals surface area contributed by atoms with Crippen molar-refractivity contribution in [1.82, 2.24) is 0 Å². The van der Waals surface area contributed by atoms with Crippen LogP contribution in [0.5, 0.6) is 0 Å². The monoisotopic (exact) mass is 725 g/mol. The molecule has 0 bridgehead atoms. The minimum absolute atomic E-state index is 1.09. The highest BCUT2D eigenvalue weighted by atomic mass is 15.1. The van der Waals surface area contributed by atoms with Crippen molar-refractivity contribution in [3.05, 3.63) is 237 Å². The highest BCUT2D eigenvalue weighted by Crippen LogP contribution is 2.48. The van der Waals surface area contributed by atoms with Crippen molar-refractivity contribution in [1.29, 1.82) is 0 Å². The van der Waals surface area contributed by atoms with Gasteiger partial charge >= 0.3 is 0 Å². The van der Waals surface area contributed by atoms with Gasteiger partial charge in [-0.1, -0.05) is 200 Å². The first-order valence-corrected chi connectivity index (χ1v) is 19.6. The molecule has 0 aliphatic rings. The maximum Gasteiger partial charge on any atom is 0.0540 e. The van der Waals surface area contributed by atoms with Gasteiger partial charge in [0.1, 0.15) is 0 Å². The van der Waals surface area contributed by atoms with Gasteiger partial charge in [0.05, 0.1) is 5.69 Å². The molecule has 10 aromatic carbocycles. The van der Waals surface area contributed by atoms with E-state index in [2.05, 4.69) is 241 Å². The predicted octanol–water partition coefficient (Wildman–Crippen LogP) is 15.8.